The van der Waals surface area contributed by atoms with Gasteiger partial charge >= 0.3 is 6.18 Å². The van der Waals surface area contributed by atoms with Crippen molar-refractivity contribution in [1.29, 1.82) is 0 Å². The number of anilines is 1. The van der Waals surface area contributed by atoms with Gasteiger partial charge in [-0.3, -0.25) is 9.59 Å². The highest BCUT2D eigenvalue weighted by atomic mass is 35.5. The Labute approximate surface area is 128 Å². The van der Waals surface area contributed by atoms with Crippen LogP contribution in [0.25, 0.3) is 0 Å². The van der Waals surface area contributed by atoms with Crippen LogP contribution in [-0.2, 0) is 13.2 Å². The number of nitrogens with one attached hydrogen (secondary N) is 1. The first-order valence-corrected chi connectivity index (χ1v) is 6.41. The highest BCUT2D eigenvalue weighted by Crippen LogP contribution is 2.33. The van der Waals surface area contributed by atoms with Crippen LogP contribution in [0.3, 0.4) is 0 Å². The smallest absolute Gasteiger partial charge is 0.320 e. The van der Waals surface area contributed by atoms with E-state index in [9.17, 15) is 22.8 Å². The molecule has 1 aromatic carbocycles. The van der Waals surface area contributed by atoms with Crippen molar-refractivity contribution in [3.63, 3.8) is 0 Å². The number of carbonyl (C=O) groups excluding carboxylic acids is 1. The number of amides is 1. The maximum absolute atomic E-state index is 12.7. The van der Waals surface area contributed by atoms with Crippen LogP contribution < -0.4 is 10.9 Å². The molecule has 0 atom stereocenters. The first kappa shape index (κ1) is 16.1. The highest BCUT2D eigenvalue weighted by molar-refractivity contribution is 6.34. The second-order valence-corrected chi connectivity index (χ2v) is 4.89. The number of nitrogens with zero attached hydrogens (tertiary/aromatic N) is 1. The summed E-state index contributed by atoms with van der Waals surface area (Å²) in [5, 5.41) is 2.16. The van der Waals surface area contributed by atoms with Crippen LogP contribution in [0, 0.1) is 0 Å². The molecule has 8 heteroatoms. The van der Waals surface area contributed by atoms with Crippen LogP contribution in [0.4, 0.5) is 18.9 Å². The van der Waals surface area contributed by atoms with Gasteiger partial charge in [0.15, 0.2) is 0 Å². The number of carbonyl (C=O) groups is 1. The monoisotopic (exact) mass is 330 g/mol. The van der Waals surface area contributed by atoms with E-state index in [0.29, 0.717) is 6.07 Å². The lowest BCUT2D eigenvalue weighted by Crippen LogP contribution is -2.27. The maximum Gasteiger partial charge on any atom is 0.416 e. The number of halogens is 4. The number of rotatable bonds is 2. The standard InChI is InChI=1S/C14H10ClF3N2O2/c1-20-6-2-3-9(13(20)22)12(21)19-11-7-8(14(16,17)18)4-5-10(11)15/h2-7H,1H3,(H,19,21). The molecule has 0 aliphatic carbocycles. The van der Waals surface area contributed by atoms with Crippen molar-refractivity contribution in [2.75, 3.05) is 5.32 Å². The van der Waals surface area contributed by atoms with Gasteiger partial charge in [-0.2, -0.15) is 13.2 Å². The van der Waals surface area contributed by atoms with E-state index in [1.807, 2.05) is 0 Å². The second-order valence-electron chi connectivity index (χ2n) is 4.48. The Kier molecular flexibility index (Phi) is 4.27. The third-order valence-corrected chi connectivity index (χ3v) is 3.24. The number of aryl methyl sites for hydroxylation is 1. The molecule has 1 amide bonds. The summed E-state index contributed by atoms with van der Waals surface area (Å²) >= 11 is 5.78. The lowest BCUT2D eigenvalue weighted by atomic mass is 10.2. The van der Waals surface area contributed by atoms with E-state index in [2.05, 4.69) is 5.32 Å². The minimum absolute atomic E-state index is 0.0610. The predicted molar refractivity (Wildman–Crippen MR) is 76.1 cm³/mol. The van der Waals surface area contributed by atoms with Crippen molar-refractivity contribution < 1.29 is 18.0 Å². The Morgan fingerprint density at radius 3 is 2.59 bits per heavy atom. The van der Waals surface area contributed by atoms with Crippen LogP contribution in [0.1, 0.15) is 15.9 Å². The van der Waals surface area contributed by atoms with Gasteiger partial charge in [0.25, 0.3) is 11.5 Å². The molecule has 1 N–H and O–H groups in total. The highest BCUT2D eigenvalue weighted by Gasteiger charge is 2.31. The van der Waals surface area contributed by atoms with Crippen molar-refractivity contribution in [2.24, 2.45) is 7.05 Å². The van der Waals surface area contributed by atoms with Crippen LogP contribution in [0.5, 0.6) is 0 Å². The fourth-order valence-corrected chi connectivity index (χ4v) is 1.92. The number of hydrogen-bond acceptors (Lipinski definition) is 2. The minimum Gasteiger partial charge on any atom is -0.320 e. The predicted octanol–water partition coefficient (Wildman–Crippen LogP) is 3.31. The third kappa shape index (κ3) is 3.30. The van der Waals surface area contributed by atoms with Crippen LogP contribution in [0.15, 0.2) is 41.3 Å². The topological polar surface area (TPSA) is 51.1 Å². The van der Waals surface area contributed by atoms with E-state index in [1.54, 1.807) is 0 Å². The number of alkyl halides is 3. The molecule has 22 heavy (non-hydrogen) atoms. The van der Waals surface area contributed by atoms with Crippen molar-refractivity contribution in [3.05, 3.63) is 63.0 Å². The molecule has 0 spiro atoms. The SMILES string of the molecule is Cn1cccc(C(=O)Nc2cc(C(F)(F)F)ccc2Cl)c1=O. The molecule has 0 saturated heterocycles. The molecule has 2 aromatic rings. The summed E-state index contributed by atoms with van der Waals surface area (Å²) in [6.07, 6.45) is -3.11. The Balaban J connectivity index is 2.36. The Hall–Kier alpha value is -2.28. The summed E-state index contributed by atoms with van der Waals surface area (Å²) in [5.41, 5.74) is -1.93. The van der Waals surface area contributed by atoms with E-state index in [1.165, 1.54) is 29.9 Å². The molecule has 0 saturated carbocycles. The zero-order valence-electron chi connectivity index (χ0n) is 11.2. The maximum atomic E-state index is 12.7. The van der Waals surface area contributed by atoms with Crippen LogP contribution >= 0.6 is 11.6 Å². The molecule has 1 heterocycles. The number of hydrogen-bond donors (Lipinski definition) is 1. The van der Waals surface area contributed by atoms with E-state index in [0.717, 1.165) is 12.1 Å². The van der Waals surface area contributed by atoms with Crippen molar-refractivity contribution in [3.8, 4) is 0 Å². The van der Waals surface area contributed by atoms with Gasteiger partial charge in [-0.05, 0) is 30.3 Å². The van der Waals surface area contributed by atoms with E-state index >= 15 is 0 Å². The van der Waals surface area contributed by atoms with Crippen molar-refractivity contribution in [2.45, 2.75) is 6.18 Å². The van der Waals surface area contributed by atoms with Crippen molar-refractivity contribution >= 4 is 23.2 Å². The minimum atomic E-state index is -4.56. The first-order chi connectivity index (χ1) is 10.2. The average molecular weight is 331 g/mol. The number of aromatic nitrogens is 1. The lowest BCUT2D eigenvalue weighted by Gasteiger charge is -2.11. The van der Waals surface area contributed by atoms with Crippen LogP contribution in [-0.4, -0.2) is 10.5 Å². The molecule has 0 unspecified atom stereocenters. The molecule has 0 bridgehead atoms. The third-order valence-electron chi connectivity index (χ3n) is 2.91. The summed E-state index contributed by atoms with van der Waals surface area (Å²) in [4.78, 5) is 23.8. The second kappa shape index (κ2) is 5.84. The van der Waals surface area contributed by atoms with E-state index < -0.39 is 23.2 Å². The summed E-state index contributed by atoms with van der Waals surface area (Å²) in [6, 6.07) is 5.31. The van der Waals surface area contributed by atoms with Crippen molar-refractivity contribution in [1.82, 2.24) is 4.57 Å². The molecule has 116 valence electrons. The normalized spacial score (nSPS) is 11.3. The first-order valence-electron chi connectivity index (χ1n) is 6.04. The summed E-state index contributed by atoms with van der Waals surface area (Å²) in [7, 11) is 1.45. The van der Waals surface area contributed by atoms with E-state index in [4.69, 9.17) is 11.6 Å². The van der Waals surface area contributed by atoms with Gasteiger partial charge < -0.3 is 9.88 Å². The van der Waals surface area contributed by atoms with Gasteiger partial charge in [0.05, 0.1) is 16.3 Å². The molecule has 4 nitrogen and oxygen atoms in total. The molecular weight excluding hydrogens is 321 g/mol. The molecular formula is C14H10ClF3N2O2. The average Bonchev–Trinajstić information content (AvgIpc) is 2.43. The van der Waals surface area contributed by atoms with Gasteiger partial charge in [0.1, 0.15) is 5.56 Å². The van der Waals surface area contributed by atoms with Gasteiger partial charge in [-0.15, -0.1) is 0 Å². The summed E-state index contributed by atoms with van der Waals surface area (Å²) in [5.74, 6) is -0.831. The van der Waals surface area contributed by atoms with Gasteiger partial charge in [-0.1, -0.05) is 11.6 Å². The molecule has 0 aliphatic rings. The molecule has 0 fully saturated rings. The Morgan fingerprint density at radius 1 is 1.27 bits per heavy atom. The zero-order chi connectivity index (χ0) is 16.5. The lowest BCUT2D eigenvalue weighted by molar-refractivity contribution is -0.137. The van der Waals surface area contributed by atoms with Crippen LogP contribution in [0.2, 0.25) is 5.02 Å². The number of pyridine rings is 1. The van der Waals surface area contributed by atoms with Gasteiger partial charge in [0, 0.05) is 13.2 Å². The molecule has 0 radical (unpaired) electrons. The quantitative estimate of drug-likeness (QED) is 0.918. The largest absolute Gasteiger partial charge is 0.416 e. The summed E-state index contributed by atoms with van der Waals surface area (Å²) < 4.78 is 39.2. The fraction of sp³-hybridized carbons (Fsp3) is 0.143. The summed E-state index contributed by atoms with van der Waals surface area (Å²) in [6.45, 7) is 0. The molecule has 1 aromatic heterocycles. The number of benzene rings is 1. The van der Waals surface area contributed by atoms with Gasteiger partial charge in [-0.25, -0.2) is 0 Å². The molecule has 2 rings (SSSR count). The van der Waals surface area contributed by atoms with E-state index in [-0.39, 0.29) is 16.3 Å². The fourth-order valence-electron chi connectivity index (χ4n) is 1.76. The Morgan fingerprint density at radius 2 is 1.95 bits per heavy atom. The molecule has 0 aliphatic heterocycles. The van der Waals surface area contributed by atoms with Gasteiger partial charge in [0.2, 0.25) is 0 Å². The zero-order valence-corrected chi connectivity index (χ0v) is 12.0. The Bertz CT molecular complexity index is 784.